The lowest BCUT2D eigenvalue weighted by Gasteiger charge is -2.01. The van der Waals surface area contributed by atoms with Crippen LogP contribution in [0.25, 0.3) is 11.0 Å². The Balaban J connectivity index is 2.64. The number of esters is 1. The molecular weight excluding hydrogens is 224 g/mol. The summed E-state index contributed by atoms with van der Waals surface area (Å²) in [4.78, 5) is 22.4. The quantitative estimate of drug-likeness (QED) is 0.773. The van der Waals surface area contributed by atoms with Crippen molar-refractivity contribution in [2.75, 3.05) is 12.4 Å². The van der Waals surface area contributed by atoms with Crippen molar-refractivity contribution in [2.24, 2.45) is 5.73 Å². The number of hydrogen-bond donors (Lipinski definition) is 2. The summed E-state index contributed by atoms with van der Waals surface area (Å²) in [7, 11) is 1.23. The maximum atomic E-state index is 11.5. The molecule has 6 heteroatoms. The summed E-state index contributed by atoms with van der Waals surface area (Å²) in [5, 5.41) is 2.95. The van der Waals surface area contributed by atoms with Crippen LogP contribution in [0, 0.1) is 0 Å². The Morgan fingerprint density at radius 1 is 1.35 bits per heavy atom. The van der Waals surface area contributed by atoms with E-state index in [1.54, 1.807) is 24.3 Å². The molecule has 1 aromatic carbocycles. The molecule has 17 heavy (non-hydrogen) atoms. The number of furan rings is 1. The number of benzene rings is 1. The summed E-state index contributed by atoms with van der Waals surface area (Å²) in [5.74, 6) is -0.752. The van der Waals surface area contributed by atoms with Crippen molar-refractivity contribution in [1.29, 1.82) is 0 Å². The van der Waals surface area contributed by atoms with Crippen molar-refractivity contribution < 1.29 is 18.7 Å². The van der Waals surface area contributed by atoms with Crippen LogP contribution in [0.15, 0.2) is 28.7 Å². The number of rotatable bonds is 2. The number of carbonyl (C=O) groups excluding carboxylic acids is 2. The van der Waals surface area contributed by atoms with Gasteiger partial charge in [0.25, 0.3) is 0 Å². The predicted octanol–water partition coefficient (Wildman–Crippen LogP) is 1.71. The lowest BCUT2D eigenvalue weighted by molar-refractivity contribution is 0.0569. The maximum absolute atomic E-state index is 11.5. The molecule has 0 fully saturated rings. The molecule has 0 aliphatic heterocycles. The monoisotopic (exact) mass is 234 g/mol. The second-order valence-corrected chi connectivity index (χ2v) is 3.28. The molecule has 0 radical (unpaired) electrons. The van der Waals surface area contributed by atoms with Gasteiger partial charge in [0.1, 0.15) is 11.3 Å². The van der Waals surface area contributed by atoms with Gasteiger partial charge < -0.3 is 20.2 Å². The minimum atomic E-state index is -0.776. The average molecular weight is 234 g/mol. The highest BCUT2D eigenvalue weighted by molar-refractivity contribution is 6.08. The molecule has 0 spiro atoms. The fourth-order valence-electron chi connectivity index (χ4n) is 1.53. The van der Waals surface area contributed by atoms with Crippen molar-refractivity contribution in [1.82, 2.24) is 0 Å². The second kappa shape index (κ2) is 4.17. The third-order valence-corrected chi connectivity index (χ3v) is 2.21. The van der Waals surface area contributed by atoms with Gasteiger partial charge in [-0.25, -0.2) is 9.59 Å². The summed E-state index contributed by atoms with van der Waals surface area (Å²) >= 11 is 0. The van der Waals surface area contributed by atoms with E-state index in [2.05, 4.69) is 10.1 Å². The molecule has 0 bridgehead atoms. The molecule has 2 rings (SSSR count). The number of methoxy groups -OCH3 is 1. The lowest BCUT2D eigenvalue weighted by Crippen LogP contribution is -2.20. The van der Waals surface area contributed by atoms with Gasteiger partial charge in [-0.3, -0.25) is 0 Å². The molecule has 0 aliphatic carbocycles. The van der Waals surface area contributed by atoms with E-state index < -0.39 is 12.0 Å². The smallest absolute Gasteiger partial charge is 0.376 e. The molecule has 88 valence electrons. The number of hydrogen-bond acceptors (Lipinski definition) is 4. The normalized spacial score (nSPS) is 10.2. The van der Waals surface area contributed by atoms with Crippen LogP contribution < -0.4 is 11.1 Å². The van der Waals surface area contributed by atoms with Crippen molar-refractivity contribution in [3.63, 3.8) is 0 Å². The van der Waals surface area contributed by atoms with Crippen LogP contribution in [-0.4, -0.2) is 19.1 Å². The van der Waals surface area contributed by atoms with Crippen LogP contribution in [0.3, 0.4) is 0 Å². The Labute approximate surface area is 96.3 Å². The number of primary amides is 1. The van der Waals surface area contributed by atoms with Gasteiger partial charge in [-0.1, -0.05) is 12.1 Å². The molecular formula is C11H10N2O4. The number of urea groups is 1. The Morgan fingerprint density at radius 3 is 2.71 bits per heavy atom. The SMILES string of the molecule is COC(=O)c1oc2ccccc2c1NC(N)=O. The Kier molecular flexibility index (Phi) is 2.70. The van der Waals surface area contributed by atoms with E-state index >= 15 is 0 Å². The van der Waals surface area contributed by atoms with Gasteiger partial charge in [-0.15, -0.1) is 0 Å². The fraction of sp³-hybridized carbons (Fsp3) is 0.0909. The first-order valence-electron chi connectivity index (χ1n) is 4.79. The van der Waals surface area contributed by atoms with E-state index in [0.717, 1.165) is 0 Å². The number of anilines is 1. The fourth-order valence-corrected chi connectivity index (χ4v) is 1.53. The van der Waals surface area contributed by atoms with Crippen molar-refractivity contribution in [3.8, 4) is 0 Å². The van der Waals surface area contributed by atoms with Gasteiger partial charge in [0.15, 0.2) is 0 Å². The largest absolute Gasteiger partial charge is 0.463 e. The first-order valence-corrected chi connectivity index (χ1v) is 4.79. The zero-order chi connectivity index (χ0) is 12.4. The molecule has 0 saturated heterocycles. The molecule has 3 N–H and O–H groups in total. The first kappa shape index (κ1) is 11.0. The van der Waals surface area contributed by atoms with Crippen LogP contribution in [0.5, 0.6) is 0 Å². The van der Waals surface area contributed by atoms with Gasteiger partial charge in [-0.2, -0.15) is 0 Å². The number of ether oxygens (including phenoxy) is 1. The van der Waals surface area contributed by atoms with Gasteiger partial charge >= 0.3 is 12.0 Å². The highest BCUT2D eigenvalue weighted by atomic mass is 16.5. The summed E-state index contributed by atoms with van der Waals surface area (Å²) in [6.07, 6.45) is 0. The van der Waals surface area contributed by atoms with Crippen LogP contribution >= 0.6 is 0 Å². The predicted molar refractivity (Wildman–Crippen MR) is 60.8 cm³/mol. The summed E-state index contributed by atoms with van der Waals surface area (Å²) in [5.41, 5.74) is 5.73. The standard InChI is InChI=1S/C11H10N2O4/c1-16-10(14)9-8(13-11(12)15)6-4-2-3-5-7(6)17-9/h2-5H,1H3,(H3,12,13,15). The second-order valence-electron chi connectivity index (χ2n) is 3.28. The zero-order valence-corrected chi connectivity index (χ0v) is 9.02. The van der Waals surface area contributed by atoms with E-state index in [-0.39, 0.29) is 11.4 Å². The van der Waals surface area contributed by atoms with E-state index in [0.29, 0.717) is 11.0 Å². The van der Waals surface area contributed by atoms with Crippen LogP contribution in [0.4, 0.5) is 10.5 Å². The first-order chi connectivity index (χ1) is 8.13. The third kappa shape index (κ3) is 1.92. The minimum Gasteiger partial charge on any atom is -0.463 e. The van der Waals surface area contributed by atoms with E-state index in [9.17, 15) is 9.59 Å². The van der Waals surface area contributed by atoms with Crippen molar-refractivity contribution in [2.45, 2.75) is 0 Å². The molecule has 1 heterocycles. The molecule has 0 aliphatic rings. The minimum absolute atomic E-state index is 0.0764. The number of fused-ring (bicyclic) bond motifs is 1. The highest BCUT2D eigenvalue weighted by Crippen LogP contribution is 2.31. The number of nitrogens with two attached hydrogens (primary N) is 1. The Hall–Kier alpha value is -2.50. The molecule has 6 nitrogen and oxygen atoms in total. The number of amides is 2. The number of carbonyl (C=O) groups is 2. The van der Waals surface area contributed by atoms with Crippen molar-refractivity contribution >= 4 is 28.7 Å². The van der Waals surface area contributed by atoms with Crippen LogP contribution in [0.2, 0.25) is 0 Å². The summed E-state index contributed by atoms with van der Waals surface area (Å²) in [6, 6.07) is 6.11. The molecule has 0 atom stereocenters. The van der Waals surface area contributed by atoms with E-state index in [1.807, 2.05) is 0 Å². The third-order valence-electron chi connectivity index (χ3n) is 2.21. The maximum Gasteiger partial charge on any atom is 0.376 e. The molecule has 2 amide bonds. The molecule has 0 saturated carbocycles. The number of para-hydroxylation sites is 1. The van der Waals surface area contributed by atoms with Crippen molar-refractivity contribution in [3.05, 3.63) is 30.0 Å². The Bertz CT molecular complexity index is 588. The van der Waals surface area contributed by atoms with Gasteiger partial charge in [0.05, 0.1) is 7.11 Å². The molecule has 0 unspecified atom stereocenters. The number of nitrogens with one attached hydrogen (secondary N) is 1. The van der Waals surface area contributed by atoms with Gasteiger partial charge in [0.2, 0.25) is 5.76 Å². The van der Waals surface area contributed by atoms with Gasteiger partial charge in [0, 0.05) is 5.39 Å². The lowest BCUT2D eigenvalue weighted by atomic mass is 10.2. The molecule has 1 aromatic heterocycles. The van der Waals surface area contributed by atoms with E-state index in [4.69, 9.17) is 10.2 Å². The zero-order valence-electron chi connectivity index (χ0n) is 9.02. The highest BCUT2D eigenvalue weighted by Gasteiger charge is 2.21. The summed E-state index contributed by atoms with van der Waals surface area (Å²) in [6.45, 7) is 0. The van der Waals surface area contributed by atoms with E-state index in [1.165, 1.54) is 7.11 Å². The Morgan fingerprint density at radius 2 is 2.06 bits per heavy atom. The summed E-state index contributed by atoms with van der Waals surface area (Å²) < 4.78 is 9.87. The van der Waals surface area contributed by atoms with Crippen LogP contribution in [-0.2, 0) is 4.74 Å². The average Bonchev–Trinajstić information content (AvgIpc) is 2.67. The van der Waals surface area contributed by atoms with Crippen LogP contribution in [0.1, 0.15) is 10.6 Å². The topological polar surface area (TPSA) is 94.6 Å². The molecule has 2 aromatic rings. The van der Waals surface area contributed by atoms with Gasteiger partial charge in [-0.05, 0) is 12.1 Å².